The molecule has 0 aliphatic carbocycles. The number of piperidine rings is 1. The van der Waals surface area contributed by atoms with Crippen LogP contribution in [0, 0.1) is 0 Å². The molecule has 27 heavy (non-hydrogen) atoms. The number of hydrogen-bond acceptors (Lipinski definition) is 7. The van der Waals surface area contributed by atoms with Crippen LogP contribution in [-0.4, -0.2) is 59.8 Å². The van der Waals surface area contributed by atoms with Gasteiger partial charge in [-0.3, -0.25) is 4.79 Å². The van der Waals surface area contributed by atoms with E-state index >= 15 is 0 Å². The van der Waals surface area contributed by atoms with Crippen LogP contribution in [-0.2, 0) is 11.2 Å². The maximum absolute atomic E-state index is 12.2. The monoisotopic (exact) mass is 403 g/mol. The SMILES string of the molecule is O=C(Cc1cccs1)NC1CCN(c2ccc(N3CCSCC3)nn2)CC1. The molecule has 0 saturated carbocycles. The lowest BCUT2D eigenvalue weighted by Crippen LogP contribution is -2.45. The van der Waals surface area contributed by atoms with Gasteiger partial charge in [0.2, 0.25) is 5.91 Å². The molecule has 0 spiro atoms. The molecule has 8 heteroatoms. The second-order valence-corrected chi connectivity index (χ2v) is 9.19. The summed E-state index contributed by atoms with van der Waals surface area (Å²) in [4.78, 5) is 17.9. The number of anilines is 2. The van der Waals surface area contributed by atoms with Gasteiger partial charge in [0.05, 0.1) is 6.42 Å². The van der Waals surface area contributed by atoms with E-state index in [4.69, 9.17) is 0 Å². The standard InChI is InChI=1S/C19H25N5OS2/c25-19(14-16-2-1-11-27-16)20-15-5-7-23(8-6-15)17-3-4-18(22-21-17)24-9-12-26-13-10-24/h1-4,11,15H,5-10,12-14H2,(H,20,25). The fraction of sp³-hybridized carbons (Fsp3) is 0.526. The van der Waals surface area contributed by atoms with Gasteiger partial charge in [0.1, 0.15) is 0 Å². The Morgan fingerprint density at radius 2 is 1.70 bits per heavy atom. The van der Waals surface area contributed by atoms with E-state index < -0.39 is 0 Å². The van der Waals surface area contributed by atoms with Gasteiger partial charge in [0, 0.05) is 48.6 Å². The zero-order valence-electron chi connectivity index (χ0n) is 15.3. The summed E-state index contributed by atoms with van der Waals surface area (Å²) in [5, 5.41) is 14.1. The molecule has 2 saturated heterocycles. The minimum atomic E-state index is 0.125. The number of thiophene rings is 1. The van der Waals surface area contributed by atoms with Crippen molar-refractivity contribution in [1.29, 1.82) is 0 Å². The van der Waals surface area contributed by atoms with E-state index in [2.05, 4.69) is 37.4 Å². The number of hydrogen-bond donors (Lipinski definition) is 1. The summed E-state index contributed by atoms with van der Waals surface area (Å²) >= 11 is 3.63. The van der Waals surface area contributed by atoms with Gasteiger partial charge < -0.3 is 15.1 Å². The van der Waals surface area contributed by atoms with E-state index in [1.807, 2.05) is 29.3 Å². The first-order valence-electron chi connectivity index (χ1n) is 9.51. The summed E-state index contributed by atoms with van der Waals surface area (Å²) in [7, 11) is 0. The number of aromatic nitrogens is 2. The zero-order chi connectivity index (χ0) is 18.5. The molecular weight excluding hydrogens is 378 g/mol. The summed E-state index contributed by atoms with van der Waals surface area (Å²) in [6.07, 6.45) is 2.38. The Hall–Kier alpha value is -1.80. The number of amides is 1. The van der Waals surface area contributed by atoms with Crippen molar-refractivity contribution in [2.45, 2.75) is 25.3 Å². The molecule has 1 amide bonds. The Kier molecular flexibility index (Phi) is 6.14. The van der Waals surface area contributed by atoms with Crippen molar-refractivity contribution in [2.75, 3.05) is 47.5 Å². The van der Waals surface area contributed by atoms with Crippen molar-refractivity contribution in [3.63, 3.8) is 0 Å². The molecule has 2 aliphatic heterocycles. The van der Waals surface area contributed by atoms with Crippen molar-refractivity contribution < 1.29 is 4.79 Å². The molecule has 0 atom stereocenters. The molecule has 4 heterocycles. The Bertz CT molecular complexity index is 723. The normalized spacial score (nSPS) is 18.5. The highest BCUT2D eigenvalue weighted by Crippen LogP contribution is 2.21. The van der Waals surface area contributed by atoms with Gasteiger partial charge in [-0.2, -0.15) is 11.8 Å². The lowest BCUT2D eigenvalue weighted by atomic mass is 10.0. The fourth-order valence-electron chi connectivity index (χ4n) is 3.55. The van der Waals surface area contributed by atoms with E-state index in [9.17, 15) is 4.79 Å². The molecule has 0 aromatic carbocycles. The number of rotatable bonds is 5. The highest BCUT2D eigenvalue weighted by atomic mass is 32.2. The van der Waals surface area contributed by atoms with Gasteiger partial charge in [-0.15, -0.1) is 21.5 Å². The second kappa shape index (κ2) is 8.93. The van der Waals surface area contributed by atoms with Crippen LogP contribution in [0.25, 0.3) is 0 Å². The third-order valence-corrected chi connectivity index (χ3v) is 6.89. The predicted octanol–water partition coefficient (Wildman–Crippen LogP) is 2.42. The molecule has 2 fully saturated rings. The summed E-state index contributed by atoms with van der Waals surface area (Å²) in [6.45, 7) is 3.90. The maximum Gasteiger partial charge on any atom is 0.225 e. The summed E-state index contributed by atoms with van der Waals surface area (Å²) in [5.74, 6) is 4.37. The van der Waals surface area contributed by atoms with Crippen LogP contribution in [0.5, 0.6) is 0 Å². The first kappa shape index (κ1) is 18.6. The largest absolute Gasteiger partial charge is 0.355 e. The van der Waals surface area contributed by atoms with Crippen LogP contribution in [0.3, 0.4) is 0 Å². The molecular formula is C19H25N5OS2. The fourth-order valence-corrected chi connectivity index (χ4v) is 5.16. The lowest BCUT2D eigenvalue weighted by molar-refractivity contribution is -0.121. The number of nitrogens with zero attached hydrogens (tertiary/aromatic N) is 4. The molecule has 6 nitrogen and oxygen atoms in total. The second-order valence-electron chi connectivity index (χ2n) is 6.93. The minimum Gasteiger partial charge on any atom is -0.355 e. The molecule has 2 aliphatic rings. The predicted molar refractivity (Wildman–Crippen MR) is 113 cm³/mol. The molecule has 2 aromatic heterocycles. The average molecular weight is 404 g/mol. The average Bonchev–Trinajstić information content (AvgIpc) is 3.22. The van der Waals surface area contributed by atoms with E-state index in [1.54, 1.807) is 11.3 Å². The van der Waals surface area contributed by atoms with Gasteiger partial charge in [-0.25, -0.2) is 0 Å². The van der Waals surface area contributed by atoms with Gasteiger partial charge in [0.15, 0.2) is 11.6 Å². The van der Waals surface area contributed by atoms with Crippen LogP contribution in [0.4, 0.5) is 11.6 Å². The molecule has 0 radical (unpaired) electrons. The topological polar surface area (TPSA) is 61.4 Å². The van der Waals surface area contributed by atoms with Gasteiger partial charge in [0.25, 0.3) is 0 Å². The molecule has 144 valence electrons. The Labute approximate surface area is 168 Å². The van der Waals surface area contributed by atoms with Crippen LogP contribution < -0.4 is 15.1 Å². The van der Waals surface area contributed by atoms with Crippen molar-refractivity contribution in [3.05, 3.63) is 34.5 Å². The zero-order valence-corrected chi connectivity index (χ0v) is 17.0. The molecule has 2 aromatic rings. The number of thioether (sulfide) groups is 1. The van der Waals surface area contributed by atoms with Gasteiger partial charge >= 0.3 is 0 Å². The summed E-state index contributed by atoms with van der Waals surface area (Å²) < 4.78 is 0. The van der Waals surface area contributed by atoms with Crippen LogP contribution in [0.2, 0.25) is 0 Å². The third kappa shape index (κ3) is 4.93. The van der Waals surface area contributed by atoms with Crippen LogP contribution in [0.1, 0.15) is 17.7 Å². The Morgan fingerprint density at radius 3 is 2.30 bits per heavy atom. The van der Waals surface area contributed by atoms with E-state index in [-0.39, 0.29) is 11.9 Å². The highest BCUT2D eigenvalue weighted by Gasteiger charge is 2.22. The van der Waals surface area contributed by atoms with E-state index in [1.165, 1.54) is 0 Å². The van der Waals surface area contributed by atoms with Gasteiger partial charge in [-0.05, 0) is 36.4 Å². The summed E-state index contributed by atoms with van der Waals surface area (Å²) in [5.41, 5.74) is 0. The number of carbonyl (C=O) groups is 1. The number of carbonyl (C=O) groups excluding carboxylic acids is 1. The lowest BCUT2D eigenvalue weighted by Gasteiger charge is -2.33. The molecule has 0 bridgehead atoms. The van der Waals surface area contributed by atoms with Crippen LogP contribution >= 0.6 is 23.1 Å². The van der Waals surface area contributed by atoms with E-state index in [0.29, 0.717) is 6.42 Å². The highest BCUT2D eigenvalue weighted by molar-refractivity contribution is 7.99. The molecule has 0 unspecified atom stereocenters. The first-order chi connectivity index (χ1) is 13.3. The van der Waals surface area contributed by atoms with Crippen molar-refractivity contribution >= 4 is 40.6 Å². The quantitative estimate of drug-likeness (QED) is 0.827. The molecule has 1 N–H and O–H groups in total. The molecule has 4 rings (SSSR count). The first-order valence-corrected chi connectivity index (χ1v) is 11.5. The van der Waals surface area contributed by atoms with Crippen LogP contribution in [0.15, 0.2) is 29.6 Å². The van der Waals surface area contributed by atoms with E-state index in [0.717, 1.165) is 67.0 Å². The number of nitrogens with one attached hydrogen (secondary N) is 1. The third-order valence-electron chi connectivity index (χ3n) is 5.07. The van der Waals surface area contributed by atoms with Crippen molar-refractivity contribution in [3.8, 4) is 0 Å². The van der Waals surface area contributed by atoms with Gasteiger partial charge in [-0.1, -0.05) is 6.07 Å². The minimum absolute atomic E-state index is 0.125. The Balaban J connectivity index is 1.25. The van der Waals surface area contributed by atoms with Crippen molar-refractivity contribution in [2.24, 2.45) is 0 Å². The maximum atomic E-state index is 12.2. The Morgan fingerprint density at radius 1 is 1.04 bits per heavy atom. The summed E-state index contributed by atoms with van der Waals surface area (Å²) in [6, 6.07) is 8.43. The smallest absolute Gasteiger partial charge is 0.225 e. The van der Waals surface area contributed by atoms with Crippen molar-refractivity contribution in [1.82, 2.24) is 15.5 Å².